The molecule has 0 radical (unpaired) electrons. The van der Waals surface area contributed by atoms with Gasteiger partial charge in [-0.25, -0.2) is 4.39 Å². The molecule has 158 valence electrons. The van der Waals surface area contributed by atoms with Gasteiger partial charge < -0.3 is 15.5 Å². The highest BCUT2D eigenvalue weighted by Crippen LogP contribution is 2.26. The second-order valence-electron chi connectivity index (χ2n) is 8.30. The van der Waals surface area contributed by atoms with Crippen molar-refractivity contribution < 1.29 is 14.0 Å². The number of amides is 2. The number of imide groups is 1. The third-order valence-electron chi connectivity index (χ3n) is 6.21. The van der Waals surface area contributed by atoms with Crippen molar-refractivity contribution in [3.8, 4) is 0 Å². The van der Waals surface area contributed by atoms with E-state index in [2.05, 4.69) is 25.8 Å². The molecule has 0 bridgehead atoms. The lowest BCUT2D eigenvalue weighted by Crippen LogP contribution is -2.49. The maximum atomic E-state index is 14.5. The normalized spacial score (nSPS) is 24.4. The van der Waals surface area contributed by atoms with E-state index in [1.165, 1.54) is 18.9 Å². The number of anilines is 2. The zero-order chi connectivity index (χ0) is 20.2. The molecule has 1 aromatic carbocycles. The Hall–Kier alpha value is -2.19. The fourth-order valence-corrected chi connectivity index (χ4v) is 4.48. The fourth-order valence-electron chi connectivity index (χ4n) is 4.48. The van der Waals surface area contributed by atoms with Crippen LogP contribution in [0.3, 0.4) is 0 Å². The third-order valence-corrected chi connectivity index (χ3v) is 6.21. The number of piperidine rings is 2. The quantitative estimate of drug-likeness (QED) is 0.641. The van der Waals surface area contributed by atoms with Gasteiger partial charge in [0.25, 0.3) is 0 Å². The van der Waals surface area contributed by atoms with E-state index in [-0.39, 0.29) is 17.6 Å². The standard InChI is InChI=1S/C21H30FN5O2/c22-17-2-1-16(24-18-3-4-20(28)25-21(18)29)13-19(17)27-11-9-26(10-12-27)14-15-5-7-23-8-6-15/h1-2,13,15,18,23-24H,3-12,14H2,(H,25,28,29). The van der Waals surface area contributed by atoms with E-state index in [0.29, 0.717) is 24.2 Å². The summed E-state index contributed by atoms with van der Waals surface area (Å²) in [5.74, 6) is -0.0416. The number of rotatable bonds is 5. The molecular formula is C21H30FN5O2. The highest BCUT2D eigenvalue weighted by atomic mass is 19.1. The van der Waals surface area contributed by atoms with Crippen LogP contribution in [-0.4, -0.2) is 68.6 Å². The zero-order valence-electron chi connectivity index (χ0n) is 16.8. The first kappa shape index (κ1) is 20.1. The predicted molar refractivity (Wildman–Crippen MR) is 110 cm³/mol. The van der Waals surface area contributed by atoms with Crippen LogP contribution in [0.2, 0.25) is 0 Å². The molecule has 3 heterocycles. The van der Waals surface area contributed by atoms with Crippen molar-refractivity contribution in [3.63, 3.8) is 0 Å². The van der Waals surface area contributed by atoms with Gasteiger partial charge in [0.1, 0.15) is 11.9 Å². The van der Waals surface area contributed by atoms with E-state index in [0.717, 1.165) is 51.7 Å². The molecule has 2 amide bonds. The molecule has 3 aliphatic rings. The average molecular weight is 404 g/mol. The van der Waals surface area contributed by atoms with Crippen molar-refractivity contribution in [1.29, 1.82) is 0 Å². The van der Waals surface area contributed by atoms with E-state index in [1.54, 1.807) is 12.1 Å². The summed E-state index contributed by atoms with van der Waals surface area (Å²) < 4.78 is 14.5. The number of piperazine rings is 1. The first-order chi connectivity index (χ1) is 14.1. The highest BCUT2D eigenvalue weighted by Gasteiger charge is 2.27. The van der Waals surface area contributed by atoms with Crippen molar-refractivity contribution in [2.75, 3.05) is 56.0 Å². The molecule has 8 heteroatoms. The number of carbonyl (C=O) groups is 2. The lowest BCUT2D eigenvalue weighted by Gasteiger charge is -2.38. The molecule has 3 N–H and O–H groups in total. The second-order valence-corrected chi connectivity index (χ2v) is 8.30. The van der Waals surface area contributed by atoms with Crippen LogP contribution in [0.1, 0.15) is 25.7 Å². The molecule has 29 heavy (non-hydrogen) atoms. The van der Waals surface area contributed by atoms with Crippen LogP contribution in [0, 0.1) is 11.7 Å². The van der Waals surface area contributed by atoms with Gasteiger partial charge in [0, 0.05) is 44.8 Å². The van der Waals surface area contributed by atoms with Gasteiger partial charge in [0.05, 0.1) is 5.69 Å². The van der Waals surface area contributed by atoms with Crippen LogP contribution in [0.25, 0.3) is 0 Å². The smallest absolute Gasteiger partial charge is 0.249 e. The Morgan fingerprint density at radius 2 is 1.83 bits per heavy atom. The molecule has 3 saturated heterocycles. The maximum Gasteiger partial charge on any atom is 0.249 e. The Labute approximate surface area is 171 Å². The predicted octanol–water partition coefficient (Wildman–Crippen LogP) is 1.16. The minimum atomic E-state index is -0.465. The Bertz CT molecular complexity index is 745. The van der Waals surface area contributed by atoms with E-state index in [1.807, 2.05) is 0 Å². The Balaban J connectivity index is 1.34. The van der Waals surface area contributed by atoms with Crippen LogP contribution in [0.5, 0.6) is 0 Å². The highest BCUT2D eigenvalue weighted by molar-refractivity contribution is 6.01. The SMILES string of the molecule is O=C1CCC(Nc2ccc(F)c(N3CCN(CC4CCNCC4)CC3)c2)C(=O)N1. The summed E-state index contributed by atoms with van der Waals surface area (Å²) in [6, 6.07) is 4.41. The summed E-state index contributed by atoms with van der Waals surface area (Å²) in [7, 11) is 0. The van der Waals surface area contributed by atoms with Crippen molar-refractivity contribution in [2.45, 2.75) is 31.7 Å². The van der Waals surface area contributed by atoms with Gasteiger partial charge in [-0.1, -0.05) is 0 Å². The van der Waals surface area contributed by atoms with Crippen molar-refractivity contribution in [2.24, 2.45) is 5.92 Å². The number of nitrogens with zero attached hydrogens (tertiary/aromatic N) is 2. The molecule has 3 aliphatic heterocycles. The van der Waals surface area contributed by atoms with Gasteiger partial charge in [0.15, 0.2) is 0 Å². The molecule has 0 aromatic heterocycles. The van der Waals surface area contributed by atoms with E-state index in [9.17, 15) is 14.0 Å². The number of carbonyl (C=O) groups excluding carboxylic acids is 2. The van der Waals surface area contributed by atoms with Gasteiger partial charge in [-0.2, -0.15) is 0 Å². The topological polar surface area (TPSA) is 76.7 Å². The number of nitrogens with one attached hydrogen (secondary N) is 3. The summed E-state index contributed by atoms with van der Waals surface area (Å²) in [5, 5.41) is 8.90. The molecule has 0 spiro atoms. The van der Waals surface area contributed by atoms with E-state index in [4.69, 9.17) is 0 Å². The van der Waals surface area contributed by atoms with E-state index >= 15 is 0 Å². The van der Waals surface area contributed by atoms with Crippen LogP contribution in [0.15, 0.2) is 18.2 Å². The van der Waals surface area contributed by atoms with Crippen molar-refractivity contribution >= 4 is 23.2 Å². The zero-order valence-corrected chi connectivity index (χ0v) is 16.8. The molecular weight excluding hydrogens is 373 g/mol. The lowest BCUT2D eigenvalue weighted by molar-refractivity contribution is -0.133. The van der Waals surface area contributed by atoms with Gasteiger partial charge in [0.2, 0.25) is 11.8 Å². The molecule has 7 nitrogen and oxygen atoms in total. The van der Waals surface area contributed by atoms with Gasteiger partial charge in [-0.05, 0) is 56.5 Å². The Morgan fingerprint density at radius 1 is 1.07 bits per heavy atom. The van der Waals surface area contributed by atoms with Crippen LogP contribution >= 0.6 is 0 Å². The largest absolute Gasteiger partial charge is 0.374 e. The number of halogens is 1. The van der Waals surface area contributed by atoms with Gasteiger partial charge in [-0.3, -0.25) is 19.8 Å². The summed E-state index contributed by atoms with van der Waals surface area (Å²) in [5.41, 5.74) is 1.27. The second kappa shape index (κ2) is 9.09. The summed E-state index contributed by atoms with van der Waals surface area (Å²) in [6.45, 7) is 6.83. The molecule has 1 atom stereocenters. The summed E-state index contributed by atoms with van der Waals surface area (Å²) in [6.07, 6.45) is 3.25. The lowest BCUT2D eigenvalue weighted by atomic mass is 9.97. The van der Waals surface area contributed by atoms with Crippen molar-refractivity contribution in [1.82, 2.24) is 15.5 Å². The van der Waals surface area contributed by atoms with Gasteiger partial charge in [-0.15, -0.1) is 0 Å². The summed E-state index contributed by atoms with van der Waals surface area (Å²) in [4.78, 5) is 27.9. The van der Waals surface area contributed by atoms with E-state index < -0.39 is 6.04 Å². The molecule has 3 fully saturated rings. The maximum absolute atomic E-state index is 14.5. The molecule has 0 saturated carbocycles. The minimum absolute atomic E-state index is 0.241. The first-order valence-electron chi connectivity index (χ1n) is 10.7. The number of benzene rings is 1. The van der Waals surface area contributed by atoms with Crippen molar-refractivity contribution in [3.05, 3.63) is 24.0 Å². The van der Waals surface area contributed by atoms with Gasteiger partial charge >= 0.3 is 0 Å². The minimum Gasteiger partial charge on any atom is -0.374 e. The monoisotopic (exact) mass is 403 g/mol. The molecule has 1 unspecified atom stereocenters. The molecule has 1 aromatic rings. The Kier molecular flexibility index (Phi) is 6.30. The van der Waals surface area contributed by atoms with Crippen LogP contribution in [-0.2, 0) is 9.59 Å². The Morgan fingerprint density at radius 3 is 2.55 bits per heavy atom. The number of hydrogen-bond acceptors (Lipinski definition) is 6. The van der Waals surface area contributed by atoms with Crippen LogP contribution in [0.4, 0.5) is 15.8 Å². The first-order valence-corrected chi connectivity index (χ1v) is 10.7. The average Bonchev–Trinajstić information content (AvgIpc) is 2.73. The molecule has 4 rings (SSSR count). The summed E-state index contributed by atoms with van der Waals surface area (Å²) >= 11 is 0. The third kappa shape index (κ3) is 5.05. The van der Waals surface area contributed by atoms with Crippen LogP contribution < -0.4 is 20.9 Å². The molecule has 0 aliphatic carbocycles. The fraction of sp³-hybridized carbons (Fsp3) is 0.619. The number of hydrogen-bond donors (Lipinski definition) is 3.